The normalized spacial score (nSPS) is 15.1. The Balaban J connectivity index is 1.67. The standard InChI is InChI=1S/C20H24N6/c1-15(14-26-13-5-10-22-26)23-20-17-8-11-21-12-9-18(17)24-19(25-20)16-6-3-2-4-7-16/h2-7,10,13,15,21H,8-9,11-12,14H2,1H3,(H,23,24,25). The zero-order chi connectivity index (χ0) is 17.8. The van der Waals surface area contributed by atoms with Gasteiger partial charge in [-0.3, -0.25) is 4.68 Å². The first kappa shape index (κ1) is 16.7. The van der Waals surface area contributed by atoms with Crippen LogP contribution < -0.4 is 10.6 Å². The van der Waals surface area contributed by atoms with Crippen LogP contribution in [0.5, 0.6) is 0 Å². The first-order chi connectivity index (χ1) is 12.8. The van der Waals surface area contributed by atoms with Crippen LogP contribution in [-0.2, 0) is 19.4 Å². The first-order valence-corrected chi connectivity index (χ1v) is 9.19. The smallest absolute Gasteiger partial charge is 0.161 e. The van der Waals surface area contributed by atoms with Crippen molar-refractivity contribution in [2.45, 2.75) is 32.4 Å². The number of anilines is 1. The minimum atomic E-state index is 0.216. The summed E-state index contributed by atoms with van der Waals surface area (Å²) in [5, 5.41) is 11.4. The van der Waals surface area contributed by atoms with Gasteiger partial charge in [0.15, 0.2) is 5.82 Å². The van der Waals surface area contributed by atoms with Gasteiger partial charge in [0.1, 0.15) is 5.82 Å². The molecule has 0 aliphatic carbocycles. The van der Waals surface area contributed by atoms with Crippen molar-refractivity contribution in [2.24, 2.45) is 0 Å². The number of hydrogen-bond donors (Lipinski definition) is 2. The lowest BCUT2D eigenvalue weighted by molar-refractivity contribution is 0.559. The van der Waals surface area contributed by atoms with Crippen LogP contribution >= 0.6 is 0 Å². The quantitative estimate of drug-likeness (QED) is 0.742. The molecule has 2 aromatic heterocycles. The van der Waals surface area contributed by atoms with E-state index in [0.717, 1.165) is 55.4 Å². The van der Waals surface area contributed by atoms with E-state index in [1.165, 1.54) is 5.56 Å². The van der Waals surface area contributed by atoms with E-state index in [1.807, 2.05) is 41.3 Å². The van der Waals surface area contributed by atoms with Gasteiger partial charge in [0.05, 0.1) is 12.2 Å². The zero-order valence-electron chi connectivity index (χ0n) is 15.0. The number of fused-ring (bicyclic) bond motifs is 1. The van der Waals surface area contributed by atoms with Crippen molar-refractivity contribution in [3.63, 3.8) is 0 Å². The van der Waals surface area contributed by atoms with Gasteiger partial charge in [0, 0.05) is 42.5 Å². The van der Waals surface area contributed by atoms with Crippen LogP contribution in [0.1, 0.15) is 18.2 Å². The number of aromatic nitrogens is 4. The molecule has 0 radical (unpaired) electrons. The molecule has 0 amide bonds. The van der Waals surface area contributed by atoms with Crippen molar-refractivity contribution < 1.29 is 0 Å². The SMILES string of the molecule is CC(Cn1cccn1)Nc1nc(-c2ccccc2)nc2c1CCNCC2. The van der Waals surface area contributed by atoms with Crippen LogP contribution in [0.2, 0.25) is 0 Å². The number of nitrogens with one attached hydrogen (secondary N) is 2. The van der Waals surface area contributed by atoms with Gasteiger partial charge in [0.25, 0.3) is 0 Å². The predicted octanol–water partition coefficient (Wildman–Crippen LogP) is 2.53. The lowest BCUT2D eigenvalue weighted by Crippen LogP contribution is -2.24. The third kappa shape index (κ3) is 3.75. The second-order valence-electron chi connectivity index (χ2n) is 6.71. The summed E-state index contributed by atoms with van der Waals surface area (Å²) >= 11 is 0. The average molecular weight is 348 g/mol. The molecule has 6 nitrogen and oxygen atoms in total. The molecule has 0 saturated carbocycles. The van der Waals surface area contributed by atoms with Crippen LogP contribution in [0.4, 0.5) is 5.82 Å². The van der Waals surface area contributed by atoms with Gasteiger partial charge >= 0.3 is 0 Å². The molecule has 0 bridgehead atoms. The molecule has 6 heteroatoms. The van der Waals surface area contributed by atoms with E-state index in [4.69, 9.17) is 9.97 Å². The lowest BCUT2D eigenvalue weighted by Gasteiger charge is -2.19. The molecule has 1 unspecified atom stereocenters. The first-order valence-electron chi connectivity index (χ1n) is 9.19. The van der Waals surface area contributed by atoms with E-state index >= 15 is 0 Å². The Morgan fingerprint density at radius 3 is 2.77 bits per heavy atom. The largest absolute Gasteiger partial charge is 0.365 e. The van der Waals surface area contributed by atoms with Crippen LogP contribution in [0.3, 0.4) is 0 Å². The highest BCUT2D eigenvalue weighted by Crippen LogP contribution is 2.25. The van der Waals surface area contributed by atoms with E-state index < -0.39 is 0 Å². The monoisotopic (exact) mass is 348 g/mol. The highest BCUT2D eigenvalue weighted by atomic mass is 15.3. The molecule has 0 fully saturated rings. The summed E-state index contributed by atoms with van der Waals surface area (Å²) in [5.41, 5.74) is 3.44. The maximum Gasteiger partial charge on any atom is 0.161 e. The molecule has 134 valence electrons. The fourth-order valence-corrected chi connectivity index (χ4v) is 3.35. The van der Waals surface area contributed by atoms with Crippen LogP contribution in [0.15, 0.2) is 48.8 Å². The summed E-state index contributed by atoms with van der Waals surface area (Å²) < 4.78 is 1.94. The number of rotatable bonds is 5. The van der Waals surface area contributed by atoms with Crippen molar-refractivity contribution in [3.8, 4) is 11.4 Å². The Hall–Kier alpha value is -2.73. The third-order valence-corrected chi connectivity index (χ3v) is 4.62. The van der Waals surface area contributed by atoms with Crippen LogP contribution in [0, 0.1) is 0 Å². The second-order valence-corrected chi connectivity index (χ2v) is 6.71. The van der Waals surface area contributed by atoms with Crippen LogP contribution in [-0.4, -0.2) is 38.9 Å². The Labute approximate surface area is 153 Å². The highest BCUT2D eigenvalue weighted by molar-refractivity contribution is 5.60. The molecule has 3 heterocycles. The molecule has 0 saturated heterocycles. The van der Waals surface area contributed by atoms with Crippen molar-refractivity contribution >= 4 is 5.82 Å². The number of benzene rings is 1. The molecule has 3 aromatic rings. The second kappa shape index (κ2) is 7.66. The lowest BCUT2D eigenvalue weighted by atomic mass is 10.1. The fraction of sp³-hybridized carbons (Fsp3) is 0.350. The molecular weight excluding hydrogens is 324 g/mol. The number of hydrogen-bond acceptors (Lipinski definition) is 5. The summed E-state index contributed by atoms with van der Waals surface area (Å²) in [6.45, 7) is 4.88. The van der Waals surface area contributed by atoms with Crippen molar-refractivity contribution in [2.75, 3.05) is 18.4 Å². The average Bonchev–Trinajstić information content (AvgIpc) is 3.04. The molecular formula is C20H24N6. The summed E-state index contributed by atoms with van der Waals surface area (Å²) in [7, 11) is 0. The Morgan fingerprint density at radius 1 is 1.12 bits per heavy atom. The van der Waals surface area contributed by atoms with Gasteiger partial charge in [0.2, 0.25) is 0 Å². The summed E-state index contributed by atoms with van der Waals surface area (Å²) in [4.78, 5) is 9.77. The maximum absolute atomic E-state index is 4.89. The predicted molar refractivity (Wildman–Crippen MR) is 103 cm³/mol. The van der Waals surface area contributed by atoms with Gasteiger partial charge in [-0.05, 0) is 26.0 Å². The van der Waals surface area contributed by atoms with Gasteiger partial charge in [-0.2, -0.15) is 5.10 Å². The summed E-state index contributed by atoms with van der Waals surface area (Å²) in [6.07, 6.45) is 5.67. The fourth-order valence-electron chi connectivity index (χ4n) is 3.35. The molecule has 26 heavy (non-hydrogen) atoms. The zero-order valence-corrected chi connectivity index (χ0v) is 15.0. The molecule has 1 aliphatic heterocycles. The van der Waals surface area contributed by atoms with E-state index in [0.29, 0.717) is 0 Å². The molecule has 1 aliphatic rings. The van der Waals surface area contributed by atoms with Crippen molar-refractivity contribution in [1.82, 2.24) is 25.1 Å². The summed E-state index contributed by atoms with van der Waals surface area (Å²) in [5.74, 6) is 1.75. The van der Waals surface area contributed by atoms with Gasteiger partial charge in [-0.1, -0.05) is 30.3 Å². The molecule has 4 rings (SSSR count). The van der Waals surface area contributed by atoms with E-state index in [-0.39, 0.29) is 6.04 Å². The summed E-state index contributed by atoms with van der Waals surface area (Å²) in [6, 6.07) is 12.4. The molecule has 1 atom stereocenters. The van der Waals surface area contributed by atoms with E-state index in [1.54, 1.807) is 0 Å². The van der Waals surface area contributed by atoms with Crippen molar-refractivity contribution in [1.29, 1.82) is 0 Å². The maximum atomic E-state index is 4.89. The number of nitrogens with zero attached hydrogens (tertiary/aromatic N) is 4. The third-order valence-electron chi connectivity index (χ3n) is 4.62. The topological polar surface area (TPSA) is 67.7 Å². The van der Waals surface area contributed by atoms with Gasteiger partial charge < -0.3 is 10.6 Å². The molecule has 1 aromatic carbocycles. The molecule has 0 spiro atoms. The Morgan fingerprint density at radius 2 is 1.96 bits per heavy atom. The van der Waals surface area contributed by atoms with Gasteiger partial charge in [-0.15, -0.1) is 0 Å². The molecule has 2 N–H and O–H groups in total. The van der Waals surface area contributed by atoms with Gasteiger partial charge in [-0.25, -0.2) is 9.97 Å². The van der Waals surface area contributed by atoms with E-state index in [9.17, 15) is 0 Å². The van der Waals surface area contributed by atoms with Crippen LogP contribution in [0.25, 0.3) is 11.4 Å². The Kier molecular flexibility index (Phi) is 4.93. The minimum absolute atomic E-state index is 0.216. The van der Waals surface area contributed by atoms with E-state index in [2.05, 4.69) is 34.8 Å². The highest BCUT2D eigenvalue weighted by Gasteiger charge is 2.18. The minimum Gasteiger partial charge on any atom is -0.365 e. The van der Waals surface area contributed by atoms with Crippen molar-refractivity contribution in [3.05, 3.63) is 60.0 Å². The Bertz CT molecular complexity index is 844.